The molecule has 0 aromatic heterocycles. The van der Waals surface area contributed by atoms with Gasteiger partial charge in [-0.1, -0.05) is 44.9 Å². The molecular formula is C15H25NO5S. The normalized spacial score (nSPS) is 24.4. The Morgan fingerprint density at radius 3 is 2.14 bits per heavy atom. The van der Waals surface area contributed by atoms with E-state index in [9.17, 15) is 13.2 Å². The first-order valence-electron chi connectivity index (χ1n) is 7.00. The van der Waals surface area contributed by atoms with E-state index >= 15 is 0 Å². The second kappa shape index (κ2) is 8.26. The first kappa shape index (κ1) is 20.6. The van der Waals surface area contributed by atoms with Crippen molar-refractivity contribution < 1.29 is 23.2 Å². The summed E-state index contributed by atoms with van der Waals surface area (Å²) in [6.07, 6.45) is 4.54. The van der Waals surface area contributed by atoms with Crippen LogP contribution in [0.25, 0.3) is 0 Å². The topological polar surface area (TPSA) is 129 Å². The molecule has 0 radical (unpaired) electrons. The predicted molar refractivity (Wildman–Crippen MR) is 84.8 cm³/mol. The van der Waals surface area contributed by atoms with Crippen LogP contribution in [0.1, 0.15) is 39.5 Å². The summed E-state index contributed by atoms with van der Waals surface area (Å²) in [5.41, 5.74) is 5.13. The van der Waals surface area contributed by atoms with Crippen molar-refractivity contribution in [2.75, 3.05) is 0 Å². The van der Waals surface area contributed by atoms with Crippen molar-refractivity contribution in [3.05, 3.63) is 30.3 Å². The van der Waals surface area contributed by atoms with Gasteiger partial charge in [0.05, 0.1) is 4.90 Å². The van der Waals surface area contributed by atoms with Gasteiger partial charge in [0.1, 0.15) is 0 Å². The molecule has 0 heterocycles. The van der Waals surface area contributed by atoms with E-state index in [1.165, 1.54) is 18.6 Å². The lowest BCUT2D eigenvalue weighted by atomic mass is 9.68. The lowest BCUT2D eigenvalue weighted by Gasteiger charge is -2.36. The zero-order valence-electron chi connectivity index (χ0n) is 13.0. The van der Waals surface area contributed by atoms with E-state index in [0.29, 0.717) is 5.92 Å². The monoisotopic (exact) mass is 331 g/mol. The molecule has 5 N–H and O–H groups in total. The molecule has 2 atom stereocenters. The summed E-state index contributed by atoms with van der Waals surface area (Å²) in [6.45, 7) is 4.13. The number of amides is 1. The zero-order valence-corrected chi connectivity index (χ0v) is 13.8. The number of benzene rings is 1. The Balaban J connectivity index is 0.000000385. The number of hydrogen-bond donors (Lipinski definition) is 2. The Bertz CT molecular complexity index is 573. The molecular weight excluding hydrogens is 306 g/mol. The van der Waals surface area contributed by atoms with Gasteiger partial charge in [0.2, 0.25) is 5.91 Å². The van der Waals surface area contributed by atoms with Crippen molar-refractivity contribution in [2.24, 2.45) is 17.1 Å². The quantitative estimate of drug-likeness (QED) is 0.800. The summed E-state index contributed by atoms with van der Waals surface area (Å²) < 4.78 is 29.2. The molecule has 1 aromatic carbocycles. The van der Waals surface area contributed by atoms with Gasteiger partial charge in [0.25, 0.3) is 10.1 Å². The molecule has 1 aliphatic rings. The molecule has 0 spiro atoms. The van der Waals surface area contributed by atoms with Crippen molar-refractivity contribution in [3.8, 4) is 0 Å². The Morgan fingerprint density at radius 1 is 1.27 bits per heavy atom. The van der Waals surface area contributed by atoms with E-state index in [4.69, 9.17) is 10.3 Å². The van der Waals surface area contributed by atoms with E-state index in [0.717, 1.165) is 19.3 Å². The predicted octanol–water partition coefficient (Wildman–Crippen LogP) is 1.80. The summed E-state index contributed by atoms with van der Waals surface area (Å²) >= 11 is 0. The standard InChI is InChI=1S/C9H17NO.C6H6O3S.H2O/c1-7-5-3-4-6-9(7,2)8(10)11;7-10(8,9)6-4-2-1-3-5-6;/h7H,3-6H2,1-2H3,(H2,10,11);1-5H,(H,7,8,9);1H2. The molecule has 1 saturated carbocycles. The van der Waals surface area contributed by atoms with Crippen LogP contribution in [0.5, 0.6) is 0 Å². The van der Waals surface area contributed by atoms with Crippen LogP contribution < -0.4 is 5.73 Å². The maximum Gasteiger partial charge on any atom is 0.294 e. The largest absolute Gasteiger partial charge is 0.412 e. The van der Waals surface area contributed by atoms with Crippen LogP contribution in [0.3, 0.4) is 0 Å². The van der Waals surface area contributed by atoms with E-state index in [2.05, 4.69) is 6.92 Å². The molecule has 6 nitrogen and oxygen atoms in total. The highest BCUT2D eigenvalue weighted by Gasteiger charge is 2.38. The lowest BCUT2D eigenvalue weighted by Crippen LogP contribution is -2.41. The minimum absolute atomic E-state index is 0. The van der Waals surface area contributed by atoms with E-state index < -0.39 is 10.1 Å². The SMILES string of the molecule is CC1CCCCC1(C)C(N)=O.O.O=S(=O)(O)c1ccccc1. The van der Waals surface area contributed by atoms with Crippen LogP contribution in [0.4, 0.5) is 0 Å². The average Bonchev–Trinajstić information content (AvgIpc) is 2.43. The summed E-state index contributed by atoms with van der Waals surface area (Å²) in [5.74, 6) is 0.346. The third-order valence-corrected chi connectivity index (χ3v) is 5.14. The van der Waals surface area contributed by atoms with Crippen LogP contribution in [-0.2, 0) is 14.9 Å². The molecule has 1 amide bonds. The van der Waals surface area contributed by atoms with Gasteiger partial charge in [-0.3, -0.25) is 9.35 Å². The van der Waals surface area contributed by atoms with Gasteiger partial charge in [-0.2, -0.15) is 8.42 Å². The molecule has 0 saturated heterocycles. The van der Waals surface area contributed by atoms with Gasteiger partial charge < -0.3 is 11.2 Å². The van der Waals surface area contributed by atoms with Crippen LogP contribution >= 0.6 is 0 Å². The number of carbonyl (C=O) groups is 1. The molecule has 1 aliphatic carbocycles. The highest BCUT2D eigenvalue weighted by atomic mass is 32.2. The van der Waals surface area contributed by atoms with Crippen molar-refractivity contribution in [2.45, 2.75) is 44.4 Å². The van der Waals surface area contributed by atoms with Gasteiger partial charge in [-0.15, -0.1) is 0 Å². The van der Waals surface area contributed by atoms with Crippen LogP contribution in [0.2, 0.25) is 0 Å². The van der Waals surface area contributed by atoms with Gasteiger partial charge in [0.15, 0.2) is 0 Å². The fourth-order valence-electron chi connectivity index (χ4n) is 2.47. The molecule has 1 fully saturated rings. The van der Waals surface area contributed by atoms with E-state index in [1.54, 1.807) is 18.2 Å². The van der Waals surface area contributed by atoms with Crippen molar-refractivity contribution >= 4 is 16.0 Å². The number of primary amides is 1. The smallest absolute Gasteiger partial charge is 0.294 e. The average molecular weight is 331 g/mol. The fraction of sp³-hybridized carbons (Fsp3) is 0.533. The van der Waals surface area contributed by atoms with E-state index in [1.807, 2.05) is 6.92 Å². The van der Waals surface area contributed by atoms with E-state index in [-0.39, 0.29) is 21.7 Å². The lowest BCUT2D eigenvalue weighted by molar-refractivity contribution is -0.131. The van der Waals surface area contributed by atoms with Crippen molar-refractivity contribution in [3.63, 3.8) is 0 Å². The van der Waals surface area contributed by atoms with Crippen LogP contribution in [0, 0.1) is 11.3 Å². The molecule has 0 bridgehead atoms. The number of nitrogens with two attached hydrogens (primary N) is 1. The van der Waals surface area contributed by atoms with Gasteiger partial charge in [-0.25, -0.2) is 0 Å². The van der Waals surface area contributed by atoms with Gasteiger partial charge in [0, 0.05) is 5.41 Å². The molecule has 0 aliphatic heterocycles. The Hall–Kier alpha value is -1.44. The summed E-state index contributed by atoms with van der Waals surface area (Å²) in [5, 5.41) is 0. The Kier molecular flexibility index (Phi) is 7.72. The number of hydrogen-bond acceptors (Lipinski definition) is 3. The molecule has 2 unspecified atom stereocenters. The van der Waals surface area contributed by atoms with Crippen LogP contribution in [-0.4, -0.2) is 24.4 Å². The Morgan fingerprint density at radius 2 is 1.82 bits per heavy atom. The van der Waals surface area contributed by atoms with Gasteiger partial charge in [-0.05, 0) is 30.9 Å². The highest BCUT2D eigenvalue weighted by molar-refractivity contribution is 7.85. The van der Waals surface area contributed by atoms with Crippen molar-refractivity contribution in [1.29, 1.82) is 0 Å². The highest BCUT2D eigenvalue weighted by Crippen LogP contribution is 2.40. The van der Waals surface area contributed by atoms with Crippen LogP contribution in [0.15, 0.2) is 35.2 Å². The van der Waals surface area contributed by atoms with Gasteiger partial charge >= 0.3 is 0 Å². The van der Waals surface area contributed by atoms with Crippen molar-refractivity contribution in [1.82, 2.24) is 0 Å². The fourth-order valence-corrected chi connectivity index (χ4v) is 2.97. The number of carbonyl (C=O) groups excluding carboxylic acids is 1. The first-order valence-corrected chi connectivity index (χ1v) is 8.44. The first-order chi connectivity index (χ1) is 9.68. The summed E-state index contributed by atoms with van der Waals surface area (Å²) in [4.78, 5) is 11.0. The third kappa shape index (κ3) is 5.40. The summed E-state index contributed by atoms with van der Waals surface area (Å²) in [7, 11) is -4.00. The molecule has 2 rings (SSSR count). The minimum atomic E-state index is -4.00. The zero-order chi connectivity index (χ0) is 16.1. The summed E-state index contributed by atoms with van der Waals surface area (Å²) in [6, 6.07) is 7.42. The Labute approximate surface area is 131 Å². The third-order valence-electron chi connectivity index (χ3n) is 4.27. The maximum absolute atomic E-state index is 11.1. The minimum Gasteiger partial charge on any atom is -0.412 e. The molecule has 22 heavy (non-hydrogen) atoms. The number of rotatable bonds is 2. The maximum atomic E-state index is 11.1. The molecule has 1 aromatic rings. The molecule has 7 heteroatoms. The second-order valence-electron chi connectivity index (χ2n) is 5.72. The second-order valence-corrected chi connectivity index (χ2v) is 7.14. The molecule has 126 valence electrons.